The van der Waals surface area contributed by atoms with Crippen molar-refractivity contribution in [2.45, 2.75) is 0 Å². The van der Waals surface area contributed by atoms with Gasteiger partial charge in [0.25, 0.3) is 0 Å². The summed E-state index contributed by atoms with van der Waals surface area (Å²) in [6, 6.07) is 6.00. The van der Waals surface area contributed by atoms with Gasteiger partial charge in [-0.05, 0) is 34.1 Å². The monoisotopic (exact) mass is 210 g/mol. The zero-order valence-corrected chi connectivity index (χ0v) is 7.38. The van der Waals surface area contributed by atoms with Gasteiger partial charge in [0.05, 0.1) is 0 Å². The van der Waals surface area contributed by atoms with Crippen molar-refractivity contribution in [1.29, 1.82) is 0 Å². The van der Waals surface area contributed by atoms with E-state index in [1.807, 2.05) is 41.4 Å². The van der Waals surface area contributed by atoms with E-state index in [2.05, 4.69) is 20.9 Å². The van der Waals surface area contributed by atoms with Crippen LogP contribution in [0.5, 0.6) is 0 Å². The third-order valence-electron chi connectivity index (χ3n) is 1.52. The summed E-state index contributed by atoms with van der Waals surface area (Å²) >= 11 is 3.38. The second-order valence-electron chi connectivity index (χ2n) is 2.29. The molecule has 0 aliphatic carbocycles. The summed E-state index contributed by atoms with van der Waals surface area (Å²) in [7, 11) is 0. The molecule has 0 unspecified atom stereocenters. The van der Waals surface area contributed by atoms with Crippen LogP contribution in [0.2, 0.25) is 0 Å². The van der Waals surface area contributed by atoms with E-state index in [9.17, 15) is 0 Å². The van der Waals surface area contributed by atoms with E-state index in [1.165, 1.54) is 0 Å². The average Bonchev–Trinajstić information content (AvgIpc) is 2.55. The van der Waals surface area contributed by atoms with E-state index >= 15 is 0 Å². The van der Waals surface area contributed by atoms with Crippen LogP contribution >= 0.6 is 15.9 Å². The smallest absolute Gasteiger partial charge is 0.114 e. The Kier molecular flexibility index (Phi) is 1.58. The summed E-state index contributed by atoms with van der Waals surface area (Å²) in [5.74, 6) is 1.08. The Morgan fingerprint density at radius 1 is 1.36 bits per heavy atom. The van der Waals surface area contributed by atoms with Crippen molar-refractivity contribution in [2.75, 3.05) is 0 Å². The molecular formula is C8H7BrN2. The quantitative estimate of drug-likeness (QED) is 0.748. The lowest BCUT2D eigenvalue weighted by Gasteiger charge is -1.95. The Balaban J connectivity index is 2.45. The molecule has 2 aromatic heterocycles. The van der Waals surface area contributed by atoms with Gasteiger partial charge < -0.3 is 9.55 Å². The molecule has 0 saturated carbocycles. The van der Waals surface area contributed by atoms with E-state index in [0.29, 0.717) is 0 Å². The number of aromatic amines is 1. The second-order valence-corrected chi connectivity index (χ2v) is 3.21. The van der Waals surface area contributed by atoms with Crippen molar-refractivity contribution < 1.29 is 0 Å². The molecule has 11 heavy (non-hydrogen) atoms. The lowest BCUT2D eigenvalue weighted by atomic mass is 10.6. The number of aromatic nitrogens is 2. The van der Waals surface area contributed by atoms with Crippen LogP contribution in [0.25, 0.3) is 5.82 Å². The van der Waals surface area contributed by atoms with Crippen LogP contribution in [0.4, 0.5) is 0 Å². The van der Waals surface area contributed by atoms with Crippen LogP contribution in [0.1, 0.15) is 0 Å². The molecule has 0 aliphatic rings. The molecular weight excluding hydrogens is 204 g/mol. The Labute approximate surface area is 73.0 Å². The maximum absolute atomic E-state index is 3.38. The molecule has 2 aromatic rings. The van der Waals surface area contributed by atoms with Gasteiger partial charge in [-0.3, -0.25) is 0 Å². The maximum Gasteiger partial charge on any atom is 0.114 e. The molecule has 0 amide bonds. The van der Waals surface area contributed by atoms with Crippen LogP contribution in [0, 0.1) is 0 Å². The van der Waals surface area contributed by atoms with Crippen molar-refractivity contribution in [1.82, 2.24) is 9.55 Å². The number of halogens is 1. The first-order valence-corrected chi connectivity index (χ1v) is 4.13. The average molecular weight is 211 g/mol. The van der Waals surface area contributed by atoms with E-state index < -0.39 is 0 Å². The van der Waals surface area contributed by atoms with E-state index in [-0.39, 0.29) is 0 Å². The highest BCUT2D eigenvalue weighted by molar-refractivity contribution is 9.10. The summed E-state index contributed by atoms with van der Waals surface area (Å²) < 4.78 is 3.11. The maximum atomic E-state index is 3.38. The number of rotatable bonds is 1. The number of hydrogen-bond donors (Lipinski definition) is 1. The Hall–Kier alpha value is -0.960. The van der Waals surface area contributed by atoms with Gasteiger partial charge in [0.2, 0.25) is 0 Å². The standard InChI is InChI=1S/C8H7BrN2/c9-7-3-5-11(6-7)8-2-1-4-10-8/h1-6,10H. The number of nitrogens with one attached hydrogen (secondary N) is 1. The molecule has 0 aliphatic heterocycles. The minimum atomic E-state index is 1.08. The van der Waals surface area contributed by atoms with Gasteiger partial charge in [-0.25, -0.2) is 0 Å². The Morgan fingerprint density at radius 3 is 2.82 bits per heavy atom. The first-order valence-electron chi connectivity index (χ1n) is 3.33. The largest absolute Gasteiger partial charge is 0.348 e. The van der Waals surface area contributed by atoms with Crippen molar-refractivity contribution in [3.8, 4) is 5.82 Å². The first kappa shape index (κ1) is 6.73. The predicted molar refractivity (Wildman–Crippen MR) is 47.8 cm³/mol. The van der Waals surface area contributed by atoms with Gasteiger partial charge in [-0.15, -0.1) is 0 Å². The topological polar surface area (TPSA) is 20.7 Å². The first-order chi connectivity index (χ1) is 5.36. The van der Waals surface area contributed by atoms with Gasteiger partial charge >= 0.3 is 0 Å². The van der Waals surface area contributed by atoms with Crippen LogP contribution in [-0.2, 0) is 0 Å². The number of hydrogen-bond acceptors (Lipinski definition) is 0. The van der Waals surface area contributed by atoms with Gasteiger partial charge in [0.15, 0.2) is 0 Å². The lowest BCUT2D eigenvalue weighted by molar-refractivity contribution is 1.03. The third kappa shape index (κ3) is 1.24. The number of nitrogens with zero attached hydrogens (tertiary/aromatic N) is 1. The van der Waals surface area contributed by atoms with Crippen LogP contribution < -0.4 is 0 Å². The van der Waals surface area contributed by atoms with Crippen molar-refractivity contribution >= 4 is 15.9 Å². The van der Waals surface area contributed by atoms with Gasteiger partial charge in [-0.1, -0.05) is 0 Å². The summed E-state index contributed by atoms with van der Waals surface area (Å²) in [4.78, 5) is 3.11. The molecule has 0 aromatic carbocycles. The van der Waals surface area contributed by atoms with Crippen molar-refractivity contribution in [3.05, 3.63) is 41.3 Å². The molecule has 3 heteroatoms. The van der Waals surface area contributed by atoms with Crippen LogP contribution in [0.3, 0.4) is 0 Å². The normalized spacial score (nSPS) is 10.3. The molecule has 2 rings (SSSR count). The molecule has 1 N–H and O–H groups in total. The van der Waals surface area contributed by atoms with E-state index in [4.69, 9.17) is 0 Å². The van der Waals surface area contributed by atoms with E-state index in [1.54, 1.807) is 0 Å². The lowest BCUT2D eigenvalue weighted by Crippen LogP contribution is -1.87. The minimum Gasteiger partial charge on any atom is -0.348 e. The minimum absolute atomic E-state index is 1.08. The zero-order chi connectivity index (χ0) is 7.68. The molecule has 0 atom stereocenters. The predicted octanol–water partition coefficient (Wildman–Crippen LogP) is 2.57. The Morgan fingerprint density at radius 2 is 2.27 bits per heavy atom. The second kappa shape index (κ2) is 2.58. The van der Waals surface area contributed by atoms with Gasteiger partial charge in [-0.2, -0.15) is 0 Å². The SMILES string of the molecule is Brc1ccn(-c2ccc[nH]2)c1. The van der Waals surface area contributed by atoms with Crippen molar-refractivity contribution in [2.24, 2.45) is 0 Å². The van der Waals surface area contributed by atoms with Gasteiger partial charge in [0, 0.05) is 23.1 Å². The van der Waals surface area contributed by atoms with Gasteiger partial charge in [0.1, 0.15) is 5.82 Å². The Bertz CT molecular complexity index is 335. The van der Waals surface area contributed by atoms with Crippen molar-refractivity contribution in [3.63, 3.8) is 0 Å². The molecule has 2 heterocycles. The molecule has 0 bridgehead atoms. The summed E-state index contributed by atoms with van der Waals surface area (Å²) in [5, 5.41) is 0. The van der Waals surface area contributed by atoms with Crippen LogP contribution in [0.15, 0.2) is 41.3 Å². The highest BCUT2D eigenvalue weighted by Crippen LogP contribution is 2.12. The number of H-pyrrole nitrogens is 1. The third-order valence-corrected chi connectivity index (χ3v) is 1.99. The van der Waals surface area contributed by atoms with Crippen LogP contribution in [-0.4, -0.2) is 9.55 Å². The summed E-state index contributed by atoms with van der Waals surface area (Å²) in [6.07, 6.45) is 5.91. The highest BCUT2D eigenvalue weighted by atomic mass is 79.9. The fourth-order valence-corrected chi connectivity index (χ4v) is 1.34. The summed E-state index contributed by atoms with van der Waals surface area (Å²) in [5.41, 5.74) is 0. The van der Waals surface area contributed by atoms with E-state index in [0.717, 1.165) is 10.3 Å². The molecule has 0 fully saturated rings. The fraction of sp³-hybridized carbons (Fsp3) is 0. The molecule has 0 saturated heterocycles. The summed E-state index contributed by atoms with van der Waals surface area (Å²) in [6.45, 7) is 0. The fourth-order valence-electron chi connectivity index (χ4n) is 1.00. The molecule has 0 radical (unpaired) electrons. The highest BCUT2D eigenvalue weighted by Gasteiger charge is 1.94. The molecule has 56 valence electrons. The zero-order valence-electron chi connectivity index (χ0n) is 5.79. The molecule has 2 nitrogen and oxygen atoms in total. The molecule has 0 spiro atoms.